The number of ether oxygens (including phenoxy) is 1. The van der Waals surface area contributed by atoms with Crippen molar-refractivity contribution in [2.75, 3.05) is 6.61 Å². The van der Waals surface area contributed by atoms with E-state index in [0.29, 0.717) is 24.5 Å². The van der Waals surface area contributed by atoms with Gasteiger partial charge in [-0.1, -0.05) is 6.92 Å². The van der Waals surface area contributed by atoms with Gasteiger partial charge in [-0.15, -0.1) is 0 Å². The standard InChI is InChI=1S/C12H17NO4/c1-4-6-9-7-10(14)11(12(15)17-9)8(3)13-16-5-2/h7,13H,4-6H2,1-3H3. The molecule has 1 N–H and O–H groups in total. The Bertz CT molecular complexity index is 382. The van der Waals surface area contributed by atoms with Crippen LogP contribution in [0, 0.1) is 0 Å². The van der Waals surface area contributed by atoms with Crippen molar-refractivity contribution in [3.8, 4) is 0 Å². The zero-order valence-electron chi connectivity index (χ0n) is 10.3. The van der Waals surface area contributed by atoms with Crippen LogP contribution in [-0.2, 0) is 19.2 Å². The minimum absolute atomic E-state index is 0.00157. The maximum atomic E-state index is 11.8. The van der Waals surface area contributed by atoms with Crippen LogP contribution in [-0.4, -0.2) is 18.4 Å². The Morgan fingerprint density at radius 3 is 2.65 bits per heavy atom. The first-order chi connectivity index (χ1) is 8.10. The molecule has 0 fully saturated rings. The Hall–Kier alpha value is -1.62. The fourth-order valence-corrected chi connectivity index (χ4v) is 1.46. The van der Waals surface area contributed by atoms with Crippen LogP contribution in [0.2, 0.25) is 0 Å². The molecule has 0 aromatic rings. The quantitative estimate of drug-likeness (QED) is 0.342. The highest BCUT2D eigenvalue weighted by Crippen LogP contribution is 2.19. The maximum Gasteiger partial charge on any atom is 0.349 e. The third kappa shape index (κ3) is 3.42. The lowest BCUT2D eigenvalue weighted by Crippen LogP contribution is -2.26. The Labute approximate surface area is 100 Å². The molecule has 0 aromatic heterocycles. The zero-order chi connectivity index (χ0) is 12.8. The number of ketones is 1. The molecule has 17 heavy (non-hydrogen) atoms. The molecule has 0 saturated heterocycles. The molecular formula is C12H17NO4. The van der Waals surface area contributed by atoms with Crippen LogP contribution in [0.4, 0.5) is 0 Å². The van der Waals surface area contributed by atoms with Gasteiger partial charge in [-0.2, -0.15) is 0 Å². The number of nitrogens with one attached hydrogen (secondary N) is 1. The van der Waals surface area contributed by atoms with Crippen LogP contribution >= 0.6 is 0 Å². The van der Waals surface area contributed by atoms with Gasteiger partial charge in [0.15, 0.2) is 5.78 Å². The summed E-state index contributed by atoms with van der Waals surface area (Å²) < 4.78 is 5.06. The lowest BCUT2D eigenvalue weighted by Gasteiger charge is -2.16. The van der Waals surface area contributed by atoms with Crippen molar-refractivity contribution in [2.45, 2.75) is 33.6 Å². The summed E-state index contributed by atoms with van der Waals surface area (Å²) >= 11 is 0. The number of cyclic esters (lactones) is 1. The monoisotopic (exact) mass is 239 g/mol. The Morgan fingerprint density at radius 2 is 2.12 bits per heavy atom. The van der Waals surface area contributed by atoms with E-state index >= 15 is 0 Å². The molecule has 0 amide bonds. The van der Waals surface area contributed by atoms with Gasteiger partial charge in [-0.3, -0.25) is 15.1 Å². The van der Waals surface area contributed by atoms with E-state index in [9.17, 15) is 9.59 Å². The third-order valence-corrected chi connectivity index (χ3v) is 2.21. The second-order valence-corrected chi connectivity index (χ2v) is 3.65. The largest absolute Gasteiger partial charge is 0.427 e. The second-order valence-electron chi connectivity index (χ2n) is 3.65. The van der Waals surface area contributed by atoms with E-state index in [1.54, 1.807) is 13.8 Å². The molecule has 0 spiro atoms. The predicted octanol–water partition coefficient (Wildman–Crippen LogP) is 1.61. The topological polar surface area (TPSA) is 64.6 Å². The Morgan fingerprint density at radius 1 is 1.41 bits per heavy atom. The number of allylic oxidation sites excluding steroid dienone is 3. The average molecular weight is 239 g/mol. The lowest BCUT2D eigenvalue weighted by atomic mass is 10.1. The van der Waals surface area contributed by atoms with Crippen LogP contribution in [0.5, 0.6) is 0 Å². The van der Waals surface area contributed by atoms with Crippen LogP contribution in [0.1, 0.15) is 33.6 Å². The molecule has 0 radical (unpaired) electrons. The van der Waals surface area contributed by atoms with Gasteiger partial charge >= 0.3 is 5.97 Å². The molecule has 5 heteroatoms. The van der Waals surface area contributed by atoms with Gasteiger partial charge in [0.25, 0.3) is 0 Å². The van der Waals surface area contributed by atoms with E-state index in [4.69, 9.17) is 9.57 Å². The van der Waals surface area contributed by atoms with Crippen LogP contribution in [0.3, 0.4) is 0 Å². The molecule has 94 valence electrons. The summed E-state index contributed by atoms with van der Waals surface area (Å²) in [4.78, 5) is 28.4. The number of esters is 1. The summed E-state index contributed by atoms with van der Waals surface area (Å²) in [6, 6.07) is 0. The first kappa shape index (κ1) is 13.4. The normalized spacial score (nSPS) is 18.6. The highest BCUT2D eigenvalue weighted by atomic mass is 16.6. The minimum atomic E-state index is -0.620. The van der Waals surface area contributed by atoms with Crippen LogP contribution < -0.4 is 5.48 Å². The molecule has 0 atom stereocenters. The van der Waals surface area contributed by atoms with E-state index in [1.807, 2.05) is 6.92 Å². The molecule has 1 aliphatic heterocycles. The summed E-state index contributed by atoms with van der Waals surface area (Å²) in [7, 11) is 0. The SMILES string of the molecule is CCCC1=CC(=O)C(=C(C)NOCC)C(=O)O1. The number of hydrogen-bond donors (Lipinski definition) is 1. The lowest BCUT2D eigenvalue weighted by molar-refractivity contribution is -0.138. The first-order valence-corrected chi connectivity index (χ1v) is 5.65. The summed E-state index contributed by atoms with van der Waals surface area (Å²) in [5.41, 5.74) is 2.91. The molecular weight excluding hydrogens is 222 g/mol. The van der Waals surface area contributed by atoms with Crippen molar-refractivity contribution in [3.05, 3.63) is 23.1 Å². The molecule has 0 aliphatic carbocycles. The summed E-state index contributed by atoms with van der Waals surface area (Å²) in [5.74, 6) is -0.532. The van der Waals surface area contributed by atoms with Gasteiger partial charge in [0, 0.05) is 12.5 Å². The third-order valence-electron chi connectivity index (χ3n) is 2.21. The smallest absolute Gasteiger partial charge is 0.349 e. The Balaban J connectivity index is 2.89. The number of rotatable bonds is 5. The Kier molecular flexibility index (Phi) is 4.90. The fourth-order valence-electron chi connectivity index (χ4n) is 1.46. The van der Waals surface area contributed by atoms with Gasteiger partial charge in [-0.05, 0) is 20.3 Å². The number of hydrogen-bond acceptors (Lipinski definition) is 5. The predicted molar refractivity (Wildman–Crippen MR) is 61.6 cm³/mol. The van der Waals surface area contributed by atoms with Gasteiger partial charge < -0.3 is 4.74 Å². The van der Waals surface area contributed by atoms with Crippen molar-refractivity contribution in [3.63, 3.8) is 0 Å². The van der Waals surface area contributed by atoms with Gasteiger partial charge in [0.05, 0.1) is 12.3 Å². The molecule has 0 saturated carbocycles. The molecule has 5 nitrogen and oxygen atoms in total. The maximum absolute atomic E-state index is 11.8. The van der Waals surface area contributed by atoms with E-state index in [0.717, 1.165) is 6.42 Å². The molecule has 1 heterocycles. The minimum Gasteiger partial charge on any atom is -0.427 e. The molecule has 0 bridgehead atoms. The van der Waals surface area contributed by atoms with Gasteiger partial charge in [0.2, 0.25) is 0 Å². The van der Waals surface area contributed by atoms with E-state index in [2.05, 4.69) is 5.48 Å². The van der Waals surface area contributed by atoms with E-state index in [-0.39, 0.29) is 11.4 Å². The van der Waals surface area contributed by atoms with E-state index in [1.165, 1.54) is 6.08 Å². The summed E-state index contributed by atoms with van der Waals surface area (Å²) in [6.45, 7) is 5.78. The highest BCUT2D eigenvalue weighted by Gasteiger charge is 2.27. The number of hydroxylamine groups is 1. The molecule has 1 rings (SSSR count). The first-order valence-electron chi connectivity index (χ1n) is 5.65. The summed E-state index contributed by atoms with van der Waals surface area (Å²) in [5, 5.41) is 0. The van der Waals surface area contributed by atoms with Crippen LogP contribution in [0.15, 0.2) is 23.1 Å². The molecule has 0 unspecified atom stereocenters. The van der Waals surface area contributed by atoms with Gasteiger partial charge in [0.1, 0.15) is 11.3 Å². The van der Waals surface area contributed by atoms with Crippen molar-refractivity contribution in [1.82, 2.24) is 5.48 Å². The fraction of sp³-hybridized carbons (Fsp3) is 0.500. The molecule has 1 aliphatic rings. The van der Waals surface area contributed by atoms with Crippen molar-refractivity contribution >= 4 is 11.8 Å². The molecule has 0 aromatic carbocycles. The number of carbonyl (C=O) groups is 2. The number of carbonyl (C=O) groups excluding carboxylic acids is 2. The summed E-state index contributed by atoms with van der Waals surface area (Å²) in [6.07, 6.45) is 2.77. The van der Waals surface area contributed by atoms with Crippen molar-refractivity contribution in [2.24, 2.45) is 0 Å². The second kappa shape index (κ2) is 6.20. The van der Waals surface area contributed by atoms with Crippen molar-refractivity contribution in [1.29, 1.82) is 0 Å². The zero-order valence-corrected chi connectivity index (χ0v) is 10.3. The highest BCUT2D eigenvalue weighted by molar-refractivity contribution is 6.24. The van der Waals surface area contributed by atoms with Crippen LogP contribution in [0.25, 0.3) is 0 Å². The van der Waals surface area contributed by atoms with Crippen molar-refractivity contribution < 1.29 is 19.2 Å². The average Bonchev–Trinajstić information content (AvgIpc) is 2.25. The van der Waals surface area contributed by atoms with E-state index < -0.39 is 5.97 Å². The van der Waals surface area contributed by atoms with Gasteiger partial charge in [-0.25, -0.2) is 4.79 Å².